The largest absolute Gasteiger partial charge is 0.478 e. The van der Waals surface area contributed by atoms with Gasteiger partial charge in [0.15, 0.2) is 0 Å². The lowest BCUT2D eigenvalue weighted by Gasteiger charge is -2.07. The summed E-state index contributed by atoms with van der Waals surface area (Å²) in [6.45, 7) is 0. The van der Waals surface area contributed by atoms with Crippen LogP contribution in [0, 0.1) is 0 Å². The quantitative estimate of drug-likeness (QED) is 0.438. The number of anilines is 1. The van der Waals surface area contributed by atoms with Crippen LogP contribution in [0.2, 0.25) is 0 Å². The Labute approximate surface area is 164 Å². The number of H-pyrrole nitrogens is 1. The van der Waals surface area contributed by atoms with Crippen LogP contribution < -0.4 is 5.32 Å². The van der Waals surface area contributed by atoms with Crippen molar-refractivity contribution in [1.29, 1.82) is 0 Å². The van der Waals surface area contributed by atoms with Gasteiger partial charge < -0.3 is 15.4 Å². The first kappa shape index (κ1) is 17.7. The molecule has 138 valence electrons. The Bertz CT molecular complexity index is 1180. The molecule has 4 aromatic rings. The molecule has 4 rings (SSSR count). The first-order chi connectivity index (χ1) is 13.6. The number of pyridine rings is 1. The number of hydrogen-bond acceptors (Lipinski definition) is 4. The number of aliphatic carboxylic acids is 1. The van der Waals surface area contributed by atoms with E-state index >= 15 is 0 Å². The van der Waals surface area contributed by atoms with E-state index in [1.165, 1.54) is 11.3 Å². The van der Waals surface area contributed by atoms with Crippen molar-refractivity contribution >= 4 is 51.6 Å². The van der Waals surface area contributed by atoms with E-state index in [-0.39, 0.29) is 11.5 Å². The second kappa shape index (κ2) is 7.50. The van der Waals surface area contributed by atoms with Crippen molar-refractivity contribution in [2.45, 2.75) is 0 Å². The summed E-state index contributed by atoms with van der Waals surface area (Å²) in [7, 11) is 0. The van der Waals surface area contributed by atoms with Gasteiger partial charge in [-0.3, -0.25) is 4.79 Å². The number of benzene rings is 1. The summed E-state index contributed by atoms with van der Waals surface area (Å²) in [5.74, 6) is -1.26. The zero-order chi connectivity index (χ0) is 19.5. The van der Waals surface area contributed by atoms with Gasteiger partial charge in [0, 0.05) is 28.7 Å². The number of thiophene rings is 1. The molecular formula is C21H15N3O3S. The molecule has 1 amide bonds. The molecule has 0 atom stereocenters. The van der Waals surface area contributed by atoms with E-state index in [9.17, 15) is 14.7 Å². The molecule has 28 heavy (non-hydrogen) atoms. The van der Waals surface area contributed by atoms with Gasteiger partial charge >= 0.3 is 5.97 Å². The number of amides is 1. The fraction of sp³-hybridized carbons (Fsp3) is 0. The number of rotatable bonds is 5. The van der Waals surface area contributed by atoms with Gasteiger partial charge in [0.2, 0.25) is 0 Å². The molecule has 1 aromatic carbocycles. The number of nitrogens with one attached hydrogen (secondary N) is 2. The van der Waals surface area contributed by atoms with E-state index in [2.05, 4.69) is 15.3 Å². The fourth-order valence-electron chi connectivity index (χ4n) is 2.93. The maximum absolute atomic E-state index is 12.5. The molecule has 0 unspecified atom stereocenters. The average molecular weight is 389 g/mol. The molecule has 0 spiro atoms. The minimum Gasteiger partial charge on any atom is -0.478 e. The van der Waals surface area contributed by atoms with E-state index in [0.29, 0.717) is 33.4 Å². The van der Waals surface area contributed by atoms with Crippen LogP contribution in [0.4, 0.5) is 5.69 Å². The molecule has 0 radical (unpaired) electrons. The summed E-state index contributed by atoms with van der Waals surface area (Å²) in [5, 5.41) is 16.8. The molecule has 0 aliphatic carbocycles. The lowest BCUT2D eigenvalue weighted by atomic mass is 10.0. The van der Waals surface area contributed by atoms with Crippen LogP contribution >= 0.6 is 11.3 Å². The van der Waals surface area contributed by atoms with E-state index in [1.807, 2.05) is 11.4 Å². The van der Waals surface area contributed by atoms with Crippen molar-refractivity contribution in [3.8, 4) is 0 Å². The Morgan fingerprint density at radius 2 is 1.93 bits per heavy atom. The highest BCUT2D eigenvalue weighted by molar-refractivity contribution is 7.08. The highest BCUT2D eigenvalue weighted by atomic mass is 32.1. The molecule has 0 saturated heterocycles. The number of nitrogens with zero attached hydrogens (tertiary/aromatic N) is 1. The number of fused-ring (bicyclic) bond motifs is 1. The molecule has 7 heteroatoms. The van der Waals surface area contributed by atoms with Gasteiger partial charge in [-0.15, -0.1) is 0 Å². The minimum atomic E-state index is -1.03. The van der Waals surface area contributed by atoms with Crippen LogP contribution in [0.3, 0.4) is 0 Å². The fourth-order valence-corrected chi connectivity index (χ4v) is 3.57. The molecular weight excluding hydrogens is 374 g/mol. The molecule has 3 heterocycles. The molecule has 0 fully saturated rings. The van der Waals surface area contributed by atoms with Crippen LogP contribution in [0.5, 0.6) is 0 Å². The van der Waals surface area contributed by atoms with Gasteiger partial charge in [-0.2, -0.15) is 11.3 Å². The summed E-state index contributed by atoms with van der Waals surface area (Å²) in [4.78, 5) is 31.6. The van der Waals surface area contributed by atoms with Crippen molar-refractivity contribution in [2.24, 2.45) is 0 Å². The second-order valence-electron chi connectivity index (χ2n) is 6.02. The zero-order valence-electron chi connectivity index (χ0n) is 14.5. The first-order valence-electron chi connectivity index (χ1n) is 8.43. The predicted octanol–water partition coefficient (Wildman–Crippen LogP) is 4.50. The SMILES string of the molecule is O=C(O)/C(=C\c1c[nH]c2nccc(NC(=O)c3ccsc3)c12)c1ccccc1. The normalized spacial score (nSPS) is 11.5. The van der Waals surface area contributed by atoms with Crippen molar-refractivity contribution in [3.05, 3.63) is 82.3 Å². The van der Waals surface area contributed by atoms with Gasteiger partial charge in [-0.05, 0) is 29.2 Å². The summed E-state index contributed by atoms with van der Waals surface area (Å²) < 4.78 is 0. The highest BCUT2D eigenvalue weighted by Crippen LogP contribution is 2.29. The van der Waals surface area contributed by atoms with Crippen LogP contribution in [0.15, 0.2) is 65.6 Å². The Hall–Kier alpha value is -3.71. The maximum Gasteiger partial charge on any atom is 0.336 e. The molecule has 0 aliphatic heterocycles. The molecule has 0 aliphatic rings. The van der Waals surface area contributed by atoms with Gasteiger partial charge in [0.1, 0.15) is 5.65 Å². The van der Waals surface area contributed by atoms with Gasteiger partial charge in [-0.25, -0.2) is 9.78 Å². The third-order valence-corrected chi connectivity index (χ3v) is 4.93. The molecule has 3 aromatic heterocycles. The number of carboxylic acids is 1. The van der Waals surface area contributed by atoms with Gasteiger partial charge in [-0.1, -0.05) is 30.3 Å². The molecule has 0 bridgehead atoms. The smallest absolute Gasteiger partial charge is 0.336 e. The van der Waals surface area contributed by atoms with Crippen molar-refractivity contribution in [3.63, 3.8) is 0 Å². The Morgan fingerprint density at radius 1 is 1.11 bits per heavy atom. The monoisotopic (exact) mass is 389 g/mol. The number of aromatic nitrogens is 2. The van der Waals surface area contributed by atoms with Gasteiger partial charge in [0.05, 0.1) is 16.8 Å². The van der Waals surface area contributed by atoms with Crippen LogP contribution in [0.1, 0.15) is 21.5 Å². The van der Waals surface area contributed by atoms with Crippen LogP contribution in [-0.4, -0.2) is 27.0 Å². The molecule has 6 nitrogen and oxygen atoms in total. The summed E-state index contributed by atoms with van der Waals surface area (Å²) in [5.41, 5.74) is 3.07. The maximum atomic E-state index is 12.5. The van der Waals surface area contributed by atoms with Crippen molar-refractivity contribution in [1.82, 2.24) is 9.97 Å². The number of carbonyl (C=O) groups excluding carboxylic acids is 1. The van der Waals surface area contributed by atoms with E-state index < -0.39 is 5.97 Å². The lowest BCUT2D eigenvalue weighted by molar-refractivity contribution is -0.130. The summed E-state index contributed by atoms with van der Waals surface area (Å²) in [6.07, 6.45) is 4.85. The summed E-state index contributed by atoms with van der Waals surface area (Å²) in [6, 6.07) is 12.3. The highest BCUT2D eigenvalue weighted by Gasteiger charge is 2.15. The third kappa shape index (κ3) is 3.43. The number of carbonyl (C=O) groups is 2. The molecule has 3 N–H and O–H groups in total. The van der Waals surface area contributed by atoms with Crippen LogP contribution in [0.25, 0.3) is 22.7 Å². The number of carboxylic acid groups (broad SMARTS) is 1. The third-order valence-electron chi connectivity index (χ3n) is 4.25. The van der Waals surface area contributed by atoms with E-state index in [1.54, 1.807) is 60.2 Å². The van der Waals surface area contributed by atoms with Crippen LogP contribution in [-0.2, 0) is 4.79 Å². The Morgan fingerprint density at radius 3 is 2.64 bits per heavy atom. The summed E-state index contributed by atoms with van der Waals surface area (Å²) >= 11 is 1.44. The topological polar surface area (TPSA) is 95.1 Å². The van der Waals surface area contributed by atoms with Crippen molar-refractivity contribution < 1.29 is 14.7 Å². The van der Waals surface area contributed by atoms with E-state index in [0.717, 1.165) is 0 Å². The second-order valence-corrected chi connectivity index (χ2v) is 6.80. The van der Waals surface area contributed by atoms with E-state index in [4.69, 9.17) is 0 Å². The number of hydrogen-bond donors (Lipinski definition) is 3. The lowest BCUT2D eigenvalue weighted by Crippen LogP contribution is -2.11. The standard InChI is InChI=1S/C21H15N3O3S/c25-20(14-7-9-28-12-14)24-17-6-8-22-19-18(17)15(11-23-19)10-16(21(26)27)13-4-2-1-3-5-13/h1-12H,(H,26,27)(H2,22,23,24,25)/b16-10-. The molecule has 0 saturated carbocycles. The number of aromatic amines is 1. The minimum absolute atomic E-state index is 0.153. The Balaban J connectivity index is 1.80. The van der Waals surface area contributed by atoms with Gasteiger partial charge in [0.25, 0.3) is 5.91 Å². The van der Waals surface area contributed by atoms with Crippen molar-refractivity contribution in [2.75, 3.05) is 5.32 Å². The Kier molecular flexibility index (Phi) is 4.74. The average Bonchev–Trinajstić information content (AvgIpc) is 3.37. The first-order valence-corrected chi connectivity index (χ1v) is 9.38. The zero-order valence-corrected chi connectivity index (χ0v) is 15.4. The predicted molar refractivity (Wildman–Crippen MR) is 110 cm³/mol.